The van der Waals surface area contributed by atoms with Crippen molar-refractivity contribution in [1.29, 1.82) is 0 Å². The summed E-state index contributed by atoms with van der Waals surface area (Å²) in [6.07, 6.45) is 0. The number of carbonyl (C=O) groups excluding carboxylic acids is 1. The van der Waals surface area contributed by atoms with Crippen LogP contribution < -0.4 is 24.4 Å². The second-order valence-electron chi connectivity index (χ2n) is 4.74. The van der Waals surface area contributed by atoms with E-state index in [4.69, 9.17) is 14.2 Å². The van der Waals surface area contributed by atoms with E-state index in [1.165, 1.54) is 0 Å². The normalized spacial score (nSPS) is 11.2. The van der Waals surface area contributed by atoms with Gasteiger partial charge in [0.2, 0.25) is 11.7 Å². The van der Waals surface area contributed by atoms with Crippen LogP contribution in [0, 0.1) is 5.92 Å². The minimum absolute atomic E-state index is 0. The lowest BCUT2D eigenvalue weighted by molar-refractivity contribution is -0.121. The number of nitrogens with one attached hydrogen (secondary N) is 1. The van der Waals surface area contributed by atoms with Crippen molar-refractivity contribution in [2.24, 2.45) is 5.92 Å². The second-order valence-corrected chi connectivity index (χ2v) is 4.74. The molecule has 0 radical (unpaired) electrons. The Morgan fingerprint density at radius 1 is 1.18 bits per heavy atom. The van der Waals surface area contributed by atoms with Gasteiger partial charge in [-0.3, -0.25) is 4.79 Å². The van der Waals surface area contributed by atoms with Gasteiger partial charge < -0.3 is 24.4 Å². The Balaban J connectivity index is 0.00000441. The summed E-state index contributed by atoms with van der Waals surface area (Å²) in [4.78, 5) is 13.9. The van der Waals surface area contributed by atoms with Crippen molar-refractivity contribution < 1.29 is 19.0 Å². The molecule has 126 valence electrons. The maximum absolute atomic E-state index is 12.4. The first-order valence-corrected chi connectivity index (χ1v) is 6.72. The third-order valence-corrected chi connectivity index (χ3v) is 3.30. The Kier molecular flexibility index (Phi) is 8.67. The monoisotopic (exact) mass is 332 g/mol. The molecule has 1 N–H and O–H groups in total. The van der Waals surface area contributed by atoms with Crippen LogP contribution >= 0.6 is 12.4 Å². The molecule has 1 unspecified atom stereocenters. The molecule has 1 amide bonds. The molecule has 0 aromatic heterocycles. The summed E-state index contributed by atoms with van der Waals surface area (Å²) in [5, 5.41) is 3.00. The quantitative estimate of drug-likeness (QED) is 0.827. The fourth-order valence-corrected chi connectivity index (χ4v) is 2.11. The van der Waals surface area contributed by atoms with Gasteiger partial charge in [-0.25, -0.2) is 0 Å². The summed E-state index contributed by atoms with van der Waals surface area (Å²) in [5.74, 6) is 1.44. The molecule has 1 atom stereocenters. The lowest BCUT2D eigenvalue weighted by Crippen LogP contribution is -2.36. The molecular formula is C15H25ClN2O4. The topological polar surface area (TPSA) is 60.0 Å². The summed E-state index contributed by atoms with van der Waals surface area (Å²) >= 11 is 0. The van der Waals surface area contributed by atoms with E-state index in [0.717, 1.165) is 0 Å². The zero-order chi connectivity index (χ0) is 16.0. The molecular weight excluding hydrogens is 308 g/mol. The highest BCUT2D eigenvalue weighted by molar-refractivity contribution is 5.95. The van der Waals surface area contributed by atoms with Gasteiger partial charge in [-0.05, 0) is 7.05 Å². The van der Waals surface area contributed by atoms with E-state index < -0.39 is 0 Å². The van der Waals surface area contributed by atoms with Crippen molar-refractivity contribution in [3.8, 4) is 17.2 Å². The Bertz CT molecular complexity index is 471. The summed E-state index contributed by atoms with van der Waals surface area (Å²) in [6, 6.07) is 3.51. The summed E-state index contributed by atoms with van der Waals surface area (Å²) in [6.45, 7) is 2.50. The smallest absolute Gasteiger partial charge is 0.230 e. The van der Waals surface area contributed by atoms with E-state index in [1.807, 2.05) is 14.0 Å². The third-order valence-electron chi connectivity index (χ3n) is 3.30. The highest BCUT2D eigenvalue weighted by Crippen LogP contribution is 2.40. The Labute approximate surface area is 138 Å². The molecule has 0 aliphatic rings. The predicted molar refractivity (Wildman–Crippen MR) is 89.8 cm³/mol. The van der Waals surface area contributed by atoms with Crippen molar-refractivity contribution >= 4 is 24.0 Å². The van der Waals surface area contributed by atoms with Gasteiger partial charge in [0.25, 0.3) is 0 Å². The number of amides is 1. The summed E-state index contributed by atoms with van der Waals surface area (Å²) < 4.78 is 15.9. The number of hydrogen-bond donors (Lipinski definition) is 1. The Morgan fingerprint density at radius 2 is 1.68 bits per heavy atom. The number of anilines is 1. The summed E-state index contributed by atoms with van der Waals surface area (Å²) in [7, 11) is 8.20. The standard InChI is InChI=1S/C15H24N2O4.ClH/c1-10(9-16-2)15(18)17(3)11-7-12(19-4)14(21-6)13(8-11)20-5;/h7-8,10,16H,9H2,1-6H3;1H. The van der Waals surface area contributed by atoms with Gasteiger partial charge in [-0.1, -0.05) is 6.92 Å². The molecule has 0 aliphatic carbocycles. The van der Waals surface area contributed by atoms with E-state index in [1.54, 1.807) is 45.4 Å². The van der Waals surface area contributed by atoms with Crippen LogP contribution in [-0.4, -0.2) is 47.9 Å². The van der Waals surface area contributed by atoms with E-state index in [2.05, 4.69) is 5.32 Å². The zero-order valence-electron chi connectivity index (χ0n) is 13.9. The molecule has 6 nitrogen and oxygen atoms in total. The van der Waals surface area contributed by atoms with Gasteiger partial charge in [-0.15, -0.1) is 12.4 Å². The number of carbonyl (C=O) groups is 1. The molecule has 0 bridgehead atoms. The number of rotatable bonds is 7. The molecule has 1 aromatic rings. The van der Waals surface area contributed by atoms with Gasteiger partial charge in [0.1, 0.15) is 0 Å². The van der Waals surface area contributed by atoms with Crippen molar-refractivity contribution in [3.05, 3.63) is 12.1 Å². The number of hydrogen-bond acceptors (Lipinski definition) is 5. The van der Waals surface area contributed by atoms with Gasteiger partial charge >= 0.3 is 0 Å². The van der Waals surface area contributed by atoms with Crippen LogP contribution in [0.2, 0.25) is 0 Å². The fourth-order valence-electron chi connectivity index (χ4n) is 2.11. The second kappa shape index (κ2) is 9.38. The van der Waals surface area contributed by atoms with Crippen LogP contribution in [0.1, 0.15) is 6.92 Å². The summed E-state index contributed by atoms with van der Waals surface area (Å²) in [5.41, 5.74) is 0.692. The van der Waals surface area contributed by atoms with Gasteiger partial charge in [0.15, 0.2) is 11.5 Å². The number of nitrogens with zero attached hydrogens (tertiary/aromatic N) is 1. The molecule has 0 heterocycles. The Hall–Kier alpha value is -1.66. The van der Waals surface area contributed by atoms with Crippen molar-refractivity contribution in [1.82, 2.24) is 5.32 Å². The molecule has 7 heteroatoms. The van der Waals surface area contributed by atoms with E-state index in [0.29, 0.717) is 29.5 Å². The molecule has 1 aromatic carbocycles. The Morgan fingerprint density at radius 3 is 2.05 bits per heavy atom. The average Bonchev–Trinajstić information content (AvgIpc) is 2.51. The van der Waals surface area contributed by atoms with Gasteiger partial charge in [0, 0.05) is 31.6 Å². The first-order valence-electron chi connectivity index (χ1n) is 6.72. The average molecular weight is 333 g/mol. The molecule has 0 aliphatic heterocycles. The number of ether oxygens (including phenoxy) is 3. The number of benzene rings is 1. The van der Waals surface area contributed by atoms with Crippen LogP contribution in [-0.2, 0) is 4.79 Å². The first kappa shape index (κ1) is 20.3. The molecule has 0 saturated carbocycles. The lowest BCUT2D eigenvalue weighted by Gasteiger charge is -2.23. The van der Waals surface area contributed by atoms with Crippen molar-refractivity contribution in [2.75, 3.05) is 46.9 Å². The van der Waals surface area contributed by atoms with E-state index in [9.17, 15) is 4.79 Å². The maximum Gasteiger partial charge on any atom is 0.230 e. The van der Waals surface area contributed by atoms with Gasteiger partial charge in [0.05, 0.1) is 27.0 Å². The van der Waals surface area contributed by atoms with Gasteiger partial charge in [-0.2, -0.15) is 0 Å². The predicted octanol–water partition coefficient (Wildman–Crippen LogP) is 1.95. The SMILES string of the molecule is CNCC(C)C(=O)N(C)c1cc(OC)c(OC)c(OC)c1.Cl. The van der Waals surface area contributed by atoms with Crippen molar-refractivity contribution in [3.63, 3.8) is 0 Å². The number of methoxy groups -OCH3 is 3. The van der Waals surface area contributed by atoms with Crippen molar-refractivity contribution in [2.45, 2.75) is 6.92 Å². The highest BCUT2D eigenvalue weighted by atomic mass is 35.5. The zero-order valence-corrected chi connectivity index (χ0v) is 14.7. The molecule has 0 fully saturated rings. The first-order chi connectivity index (χ1) is 9.99. The minimum Gasteiger partial charge on any atom is -0.493 e. The van der Waals surface area contributed by atoms with E-state index >= 15 is 0 Å². The molecule has 1 rings (SSSR count). The highest BCUT2D eigenvalue weighted by Gasteiger charge is 2.21. The molecule has 22 heavy (non-hydrogen) atoms. The minimum atomic E-state index is -0.126. The lowest BCUT2D eigenvalue weighted by atomic mass is 10.1. The fraction of sp³-hybridized carbons (Fsp3) is 0.533. The van der Waals surface area contributed by atoms with Crippen LogP contribution in [0.5, 0.6) is 17.2 Å². The maximum atomic E-state index is 12.4. The van der Waals surface area contributed by atoms with Crippen LogP contribution in [0.15, 0.2) is 12.1 Å². The van der Waals surface area contributed by atoms with E-state index in [-0.39, 0.29) is 24.2 Å². The van der Waals surface area contributed by atoms with Crippen LogP contribution in [0.4, 0.5) is 5.69 Å². The third kappa shape index (κ3) is 4.42. The van der Waals surface area contributed by atoms with Crippen LogP contribution in [0.25, 0.3) is 0 Å². The largest absolute Gasteiger partial charge is 0.493 e. The molecule has 0 spiro atoms. The molecule has 0 saturated heterocycles. The van der Waals surface area contributed by atoms with Crippen LogP contribution in [0.3, 0.4) is 0 Å². The number of halogens is 1.